The second-order valence-corrected chi connectivity index (χ2v) is 21.1. The number of rotatable bonds is 26. The van der Waals surface area contributed by atoms with Crippen LogP contribution in [0.3, 0.4) is 0 Å². The predicted octanol–water partition coefficient (Wildman–Crippen LogP) is 6.93. The molecule has 8 N–H and O–H groups in total. The van der Waals surface area contributed by atoms with Crippen molar-refractivity contribution in [3.8, 4) is 11.1 Å². The highest BCUT2D eigenvalue weighted by Crippen LogP contribution is 2.23. The maximum atomic E-state index is 14.3. The zero-order chi connectivity index (χ0) is 53.7. The number of alkyl carbamates (subject to hydrolysis) is 2. The molecule has 0 aliphatic carbocycles. The number of benzene rings is 2. The number of carbonyl (C=O) groups is 7. The zero-order valence-corrected chi connectivity index (χ0v) is 44.3. The molecule has 0 heterocycles. The number of hydrogen-bond donors (Lipinski definition) is 7. The average molecular weight is 998 g/mol. The number of carboxylic acids is 1. The van der Waals surface area contributed by atoms with E-state index in [-0.39, 0.29) is 45.0 Å². The first-order chi connectivity index (χ1) is 33.0. The number of amides is 6. The van der Waals surface area contributed by atoms with Gasteiger partial charge in [0.25, 0.3) is 5.91 Å². The molecule has 0 bridgehead atoms. The monoisotopic (exact) mass is 998 g/mol. The Hall–Kier alpha value is -5.95. The van der Waals surface area contributed by atoms with Crippen molar-refractivity contribution in [1.82, 2.24) is 31.5 Å². The third-order valence-corrected chi connectivity index (χ3v) is 10.3. The molecule has 5 atom stereocenters. The number of unbranched alkanes of at least 4 members (excludes halogenated alkanes) is 2. The fourth-order valence-corrected chi connectivity index (χ4v) is 6.73. The van der Waals surface area contributed by atoms with Gasteiger partial charge in [-0.05, 0) is 136 Å². The molecule has 19 nitrogen and oxygen atoms in total. The van der Waals surface area contributed by atoms with Gasteiger partial charge in [-0.2, -0.15) is 0 Å². The number of aryl methyl sites for hydroxylation is 1. The van der Waals surface area contributed by atoms with Gasteiger partial charge in [0.15, 0.2) is 6.17 Å². The van der Waals surface area contributed by atoms with E-state index in [1.807, 2.05) is 38.1 Å². The lowest BCUT2D eigenvalue weighted by molar-refractivity contribution is -0.142. The minimum Gasteiger partial charge on any atom is -0.480 e. The molecule has 0 radical (unpaired) electrons. The van der Waals surface area contributed by atoms with Crippen molar-refractivity contribution in [3.63, 3.8) is 0 Å². The molecular weight excluding hydrogens is 915 g/mol. The zero-order valence-electron chi connectivity index (χ0n) is 44.3. The van der Waals surface area contributed by atoms with Gasteiger partial charge in [-0.3, -0.25) is 14.4 Å². The topological polar surface area (TPSA) is 266 Å². The minimum absolute atomic E-state index is 0.0180. The summed E-state index contributed by atoms with van der Waals surface area (Å²) in [5.41, 5.74) is 7.68. The molecule has 2 aromatic rings. The number of carbonyl (C=O) groups excluding carboxylic acids is 6. The summed E-state index contributed by atoms with van der Waals surface area (Å²) in [4.78, 5) is 94.0. The lowest BCUT2D eigenvalue weighted by Gasteiger charge is -2.31. The largest absolute Gasteiger partial charge is 0.480 e. The highest BCUT2D eigenvalue weighted by Gasteiger charge is 2.35. The summed E-state index contributed by atoms with van der Waals surface area (Å²) in [5, 5.41) is 22.3. The van der Waals surface area contributed by atoms with Crippen LogP contribution >= 0.6 is 0 Å². The van der Waals surface area contributed by atoms with Crippen molar-refractivity contribution in [3.05, 3.63) is 59.7 Å². The Morgan fingerprint density at radius 1 is 0.634 bits per heavy atom. The van der Waals surface area contributed by atoms with Crippen LogP contribution in [0.25, 0.3) is 11.1 Å². The summed E-state index contributed by atoms with van der Waals surface area (Å²) < 4.78 is 22.4. The number of aliphatic carboxylic acids is 1. The molecule has 0 spiro atoms. The van der Waals surface area contributed by atoms with Gasteiger partial charge in [-0.25, -0.2) is 19.2 Å². The van der Waals surface area contributed by atoms with E-state index in [4.69, 9.17) is 24.7 Å². The van der Waals surface area contributed by atoms with Gasteiger partial charge >= 0.3 is 24.2 Å². The lowest BCUT2D eigenvalue weighted by Crippen LogP contribution is -2.62. The Labute approximate surface area is 420 Å². The van der Waals surface area contributed by atoms with E-state index in [0.717, 1.165) is 36.0 Å². The van der Waals surface area contributed by atoms with Crippen LogP contribution < -0.4 is 32.3 Å². The molecule has 71 heavy (non-hydrogen) atoms. The predicted molar refractivity (Wildman–Crippen MR) is 271 cm³/mol. The molecule has 5 unspecified atom stereocenters. The SMILES string of the molecule is CCCCc1ccc(-c2ccc(CN(CCC(NC(=O)OC(C)(C)C)C(=O)NC(C(=O)NC(N)C(=O)NC(CCCCNC(=O)OC(C)(C)C)C(=O)O)C(C)OCC(C)C)C(=O)OC(C)(C)C)cc2)cc1. The molecule has 0 saturated carbocycles. The molecule has 6 amide bonds. The molecule has 0 aliphatic heterocycles. The van der Waals surface area contributed by atoms with Crippen molar-refractivity contribution in [2.45, 2.75) is 189 Å². The summed E-state index contributed by atoms with van der Waals surface area (Å²) in [5.74, 6) is -4.14. The lowest BCUT2D eigenvalue weighted by atomic mass is 10.0. The summed E-state index contributed by atoms with van der Waals surface area (Å²) in [6, 6.07) is 11.9. The summed E-state index contributed by atoms with van der Waals surface area (Å²) in [7, 11) is 0. The fraction of sp³-hybridized carbons (Fsp3) is 0.635. The van der Waals surface area contributed by atoms with Crippen molar-refractivity contribution in [2.75, 3.05) is 19.7 Å². The van der Waals surface area contributed by atoms with Crippen LogP contribution in [-0.4, -0.2) is 119 Å². The van der Waals surface area contributed by atoms with Gasteiger partial charge < -0.3 is 61.3 Å². The van der Waals surface area contributed by atoms with Crippen molar-refractivity contribution >= 4 is 42.0 Å². The normalized spacial score (nSPS) is 13.9. The number of ether oxygens (including phenoxy) is 4. The second-order valence-electron chi connectivity index (χ2n) is 21.1. The number of hydrogen-bond acceptors (Lipinski definition) is 12. The highest BCUT2D eigenvalue weighted by atomic mass is 16.6. The Bertz CT molecular complexity index is 2030. The number of carboxylic acid groups (broad SMARTS) is 1. The van der Waals surface area contributed by atoms with Gasteiger partial charge in [0, 0.05) is 26.2 Å². The molecule has 2 aromatic carbocycles. The molecule has 2 rings (SSSR count). The Balaban J connectivity index is 2.34. The average Bonchev–Trinajstić information content (AvgIpc) is 3.25. The fourth-order valence-electron chi connectivity index (χ4n) is 6.73. The third-order valence-electron chi connectivity index (χ3n) is 10.3. The number of nitrogens with two attached hydrogens (primary N) is 1. The molecule has 0 saturated heterocycles. The van der Waals surface area contributed by atoms with E-state index in [1.165, 1.54) is 17.4 Å². The highest BCUT2D eigenvalue weighted by molar-refractivity contribution is 5.94. The van der Waals surface area contributed by atoms with Gasteiger partial charge in [0.1, 0.15) is 34.9 Å². The molecular formula is C52H83N7O12. The van der Waals surface area contributed by atoms with Crippen LogP contribution in [0.4, 0.5) is 14.4 Å². The molecule has 0 fully saturated rings. The first-order valence-electron chi connectivity index (χ1n) is 24.6. The van der Waals surface area contributed by atoms with E-state index in [2.05, 4.69) is 57.8 Å². The van der Waals surface area contributed by atoms with Crippen LogP contribution in [0, 0.1) is 5.92 Å². The number of nitrogens with zero attached hydrogens (tertiary/aromatic N) is 1. The molecule has 19 heteroatoms. The summed E-state index contributed by atoms with van der Waals surface area (Å²) in [6.45, 7) is 23.2. The molecule has 0 aromatic heterocycles. The Morgan fingerprint density at radius 2 is 1.18 bits per heavy atom. The van der Waals surface area contributed by atoms with Crippen LogP contribution in [0.5, 0.6) is 0 Å². The number of nitrogens with one attached hydrogen (secondary N) is 5. The van der Waals surface area contributed by atoms with Gasteiger partial charge in [0.2, 0.25) is 11.8 Å². The smallest absolute Gasteiger partial charge is 0.410 e. The third kappa shape index (κ3) is 25.1. The van der Waals surface area contributed by atoms with E-state index in [9.17, 15) is 38.7 Å². The molecule has 0 aliphatic rings. The second kappa shape index (κ2) is 28.8. The van der Waals surface area contributed by atoms with Crippen molar-refractivity contribution in [1.29, 1.82) is 0 Å². The van der Waals surface area contributed by atoms with E-state index >= 15 is 0 Å². The van der Waals surface area contributed by atoms with E-state index < -0.39 is 89.2 Å². The Morgan fingerprint density at radius 3 is 1.70 bits per heavy atom. The maximum absolute atomic E-state index is 14.3. The van der Waals surface area contributed by atoms with Gasteiger partial charge in [-0.1, -0.05) is 75.7 Å². The Kier molecular flexibility index (Phi) is 24.8. The van der Waals surface area contributed by atoms with Crippen LogP contribution in [-0.2, 0) is 51.1 Å². The van der Waals surface area contributed by atoms with Crippen LogP contribution in [0.15, 0.2) is 48.5 Å². The first-order valence-corrected chi connectivity index (χ1v) is 24.6. The standard InChI is InChI=1S/C52H83N7O12/c1-14-15-18-35-20-24-37(25-21-35)38-26-22-36(23-27-38)31-59(49(67)71-52(11,12)13)30-28-39(56-48(66)70-51(8,9)10)43(60)57-41(34(4)68-32-33(2)3)44(61)58-42(53)45(62)55-40(46(63)64)19-16-17-29-54-47(65)69-50(5,6)7/h20-27,33-34,39-42H,14-19,28-32,53H2,1-13H3,(H,54,65)(H,55,62)(H,56,66)(H,57,60)(H,58,61)(H,63,64). The van der Waals surface area contributed by atoms with Crippen LogP contribution in [0.2, 0.25) is 0 Å². The summed E-state index contributed by atoms with van der Waals surface area (Å²) in [6.07, 6.45) is -1.26. The van der Waals surface area contributed by atoms with Crippen molar-refractivity contribution in [2.24, 2.45) is 11.7 Å². The van der Waals surface area contributed by atoms with Crippen molar-refractivity contribution < 1.29 is 57.6 Å². The van der Waals surface area contributed by atoms with Gasteiger partial charge in [-0.15, -0.1) is 0 Å². The van der Waals surface area contributed by atoms with E-state index in [1.54, 1.807) is 62.3 Å². The summed E-state index contributed by atoms with van der Waals surface area (Å²) >= 11 is 0. The first kappa shape index (κ1) is 61.2. The maximum Gasteiger partial charge on any atom is 0.410 e. The molecule has 398 valence electrons. The van der Waals surface area contributed by atoms with Crippen LogP contribution in [0.1, 0.15) is 140 Å². The van der Waals surface area contributed by atoms with Gasteiger partial charge in [0.05, 0.1) is 6.10 Å². The minimum atomic E-state index is -1.77. The quantitative estimate of drug-likeness (QED) is 0.0287. The van der Waals surface area contributed by atoms with E-state index in [0.29, 0.717) is 12.8 Å².